The van der Waals surface area contributed by atoms with Gasteiger partial charge in [-0.2, -0.15) is 4.98 Å². The standard InChI is InChI=1S/C16H15N3O4S2/c20-13(17-9-10-6-7-12(25-10)16(21)22)4-1-5-14-18-15(19-23-14)11-3-2-8-24-11/h2-3,6-8H,1,4-5,9H2,(H,17,20)(H,21,22). The van der Waals surface area contributed by atoms with Crippen LogP contribution in [0.15, 0.2) is 34.2 Å². The maximum atomic E-state index is 11.9. The van der Waals surface area contributed by atoms with Crippen LogP contribution in [0.1, 0.15) is 33.3 Å². The number of rotatable bonds is 8. The average Bonchev–Trinajstić information content (AvgIpc) is 3.33. The molecular formula is C16H15N3O4S2. The maximum absolute atomic E-state index is 11.9. The van der Waals surface area contributed by atoms with Gasteiger partial charge in [0, 0.05) is 17.7 Å². The van der Waals surface area contributed by atoms with E-state index in [1.54, 1.807) is 17.4 Å². The number of aromatic nitrogens is 2. The number of aromatic carboxylic acids is 1. The Hall–Kier alpha value is -2.52. The number of carboxylic acids is 1. The summed E-state index contributed by atoms with van der Waals surface area (Å²) in [5.41, 5.74) is 0. The number of hydrogen-bond donors (Lipinski definition) is 2. The fraction of sp³-hybridized carbons (Fsp3) is 0.250. The SMILES string of the molecule is O=C(CCCc1nc(-c2cccs2)no1)NCc1ccc(C(=O)O)s1. The Bertz CT molecular complexity index is 855. The molecule has 0 atom stereocenters. The highest BCUT2D eigenvalue weighted by Gasteiger charge is 2.11. The lowest BCUT2D eigenvalue weighted by molar-refractivity contribution is -0.121. The first-order valence-electron chi connectivity index (χ1n) is 7.57. The van der Waals surface area contributed by atoms with E-state index in [0.29, 0.717) is 37.5 Å². The van der Waals surface area contributed by atoms with Crippen LogP contribution in [0, 0.1) is 0 Å². The highest BCUT2D eigenvalue weighted by Crippen LogP contribution is 2.21. The van der Waals surface area contributed by atoms with Crippen molar-refractivity contribution in [3.63, 3.8) is 0 Å². The second kappa shape index (κ2) is 8.04. The second-order valence-corrected chi connectivity index (χ2v) is 7.31. The van der Waals surface area contributed by atoms with Crippen molar-refractivity contribution in [1.82, 2.24) is 15.5 Å². The number of amides is 1. The Kier molecular flexibility index (Phi) is 5.56. The minimum atomic E-state index is -0.955. The van der Waals surface area contributed by atoms with E-state index in [1.165, 1.54) is 6.07 Å². The number of thiophene rings is 2. The molecule has 0 aliphatic rings. The third-order valence-electron chi connectivity index (χ3n) is 3.34. The fourth-order valence-electron chi connectivity index (χ4n) is 2.12. The van der Waals surface area contributed by atoms with E-state index in [4.69, 9.17) is 9.63 Å². The number of nitrogens with one attached hydrogen (secondary N) is 1. The summed E-state index contributed by atoms with van der Waals surface area (Å²) < 4.78 is 5.18. The summed E-state index contributed by atoms with van der Waals surface area (Å²) in [4.78, 5) is 29.0. The third kappa shape index (κ3) is 4.74. The van der Waals surface area contributed by atoms with E-state index in [1.807, 2.05) is 17.5 Å². The van der Waals surface area contributed by atoms with E-state index in [-0.39, 0.29) is 10.8 Å². The lowest BCUT2D eigenvalue weighted by atomic mass is 10.2. The van der Waals surface area contributed by atoms with Gasteiger partial charge in [0.25, 0.3) is 0 Å². The van der Waals surface area contributed by atoms with E-state index in [9.17, 15) is 9.59 Å². The van der Waals surface area contributed by atoms with Crippen LogP contribution >= 0.6 is 22.7 Å². The van der Waals surface area contributed by atoms with Gasteiger partial charge in [0.15, 0.2) is 0 Å². The number of nitrogens with zero attached hydrogens (tertiary/aromatic N) is 2. The summed E-state index contributed by atoms with van der Waals surface area (Å²) in [6.45, 7) is 0.333. The molecule has 0 saturated heterocycles. The van der Waals surface area contributed by atoms with Crippen molar-refractivity contribution in [1.29, 1.82) is 0 Å². The van der Waals surface area contributed by atoms with Crippen LogP contribution in [0.4, 0.5) is 0 Å². The van der Waals surface area contributed by atoms with Gasteiger partial charge in [-0.05, 0) is 30.0 Å². The van der Waals surface area contributed by atoms with Crippen molar-refractivity contribution in [3.8, 4) is 10.7 Å². The molecule has 25 heavy (non-hydrogen) atoms. The van der Waals surface area contributed by atoms with Crippen LogP contribution in [-0.2, 0) is 17.8 Å². The van der Waals surface area contributed by atoms with Crippen LogP contribution in [-0.4, -0.2) is 27.1 Å². The van der Waals surface area contributed by atoms with Gasteiger partial charge in [0.1, 0.15) is 4.88 Å². The molecule has 130 valence electrons. The predicted octanol–water partition coefficient (Wildman–Crippen LogP) is 3.20. The minimum absolute atomic E-state index is 0.0942. The average molecular weight is 377 g/mol. The monoisotopic (exact) mass is 377 g/mol. The topological polar surface area (TPSA) is 105 Å². The first kappa shape index (κ1) is 17.3. The Morgan fingerprint density at radius 3 is 2.88 bits per heavy atom. The third-order valence-corrected chi connectivity index (χ3v) is 5.28. The molecule has 0 saturated carbocycles. The molecule has 3 aromatic heterocycles. The minimum Gasteiger partial charge on any atom is -0.477 e. The van der Waals surface area contributed by atoms with Crippen molar-refractivity contribution < 1.29 is 19.2 Å². The highest BCUT2D eigenvalue weighted by atomic mass is 32.1. The number of carboxylic acid groups (broad SMARTS) is 1. The summed E-state index contributed by atoms with van der Waals surface area (Å²) in [6, 6.07) is 7.09. The summed E-state index contributed by atoms with van der Waals surface area (Å²) >= 11 is 2.70. The zero-order valence-corrected chi connectivity index (χ0v) is 14.7. The van der Waals surface area contributed by atoms with Crippen molar-refractivity contribution in [2.45, 2.75) is 25.8 Å². The largest absolute Gasteiger partial charge is 0.477 e. The second-order valence-electron chi connectivity index (χ2n) is 5.19. The van der Waals surface area contributed by atoms with Crippen molar-refractivity contribution >= 4 is 34.6 Å². The van der Waals surface area contributed by atoms with Crippen LogP contribution in [0.2, 0.25) is 0 Å². The molecule has 0 aliphatic carbocycles. The molecule has 2 N–H and O–H groups in total. The van der Waals surface area contributed by atoms with Gasteiger partial charge >= 0.3 is 5.97 Å². The van der Waals surface area contributed by atoms with Crippen molar-refractivity contribution in [3.05, 3.63) is 45.3 Å². The van der Waals surface area contributed by atoms with Gasteiger partial charge in [-0.3, -0.25) is 4.79 Å². The zero-order valence-electron chi connectivity index (χ0n) is 13.1. The Labute approximate surface area is 151 Å². The van der Waals surface area contributed by atoms with E-state index in [2.05, 4.69) is 15.5 Å². The first-order valence-corrected chi connectivity index (χ1v) is 9.26. The molecule has 3 heterocycles. The number of aryl methyl sites for hydroxylation is 1. The molecule has 0 unspecified atom stereocenters. The maximum Gasteiger partial charge on any atom is 0.345 e. The molecule has 0 radical (unpaired) electrons. The van der Waals surface area contributed by atoms with Gasteiger partial charge in [0.2, 0.25) is 17.6 Å². The molecule has 1 amide bonds. The predicted molar refractivity (Wildman–Crippen MR) is 93.7 cm³/mol. The van der Waals surface area contributed by atoms with Crippen LogP contribution < -0.4 is 5.32 Å². The van der Waals surface area contributed by atoms with Gasteiger partial charge in [-0.25, -0.2) is 4.79 Å². The van der Waals surface area contributed by atoms with Crippen molar-refractivity contribution in [2.75, 3.05) is 0 Å². The molecule has 7 nitrogen and oxygen atoms in total. The Morgan fingerprint density at radius 1 is 1.28 bits per heavy atom. The van der Waals surface area contributed by atoms with Gasteiger partial charge < -0.3 is 14.9 Å². The van der Waals surface area contributed by atoms with Crippen LogP contribution in [0.5, 0.6) is 0 Å². The number of carbonyl (C=O) groups excluding carboxylic acids is 1. The van der Waals surface area contributed by atoms with Crippen molar-refractivity contribution in [2.24, 2.45) is 0 Å². The number of hydrogen-bond acceptors (Lipinski definition) is 7. The van der Waals surface area contributed by atoms with E-state index >= 15 is 0 Å². The lowest BCUT2D eigenvalue weighted by Gasteiger charge is -2.02. The van der Waals surface area contributed by atoms with Crippen LogP contribution in [0.25, 0.3) is 10.7 Å². The molecule has 3 rings (SSSR count). The summed E-state index contributed by atoms with van der Waals surface area (Å²) in [6.07, 6.45) is 1.48. The molecule has 3 aromatic rings. The summed E-state index contributed by atoms with van der Waals surface area (Å²) in [7, 11) is 0. The first-order chi connectivity index (χ1) is 12.1. The van der Waals surface area contributed by atoms with Gasteiger partial charge in [0.05, 0.1) is 11.4 Å². The summed E-state index contributed by atoms with van der Waals surface area (Å²) in [5.74, 6) is 0.0364. The van der Waals surface area contributed by atoms with Crippen LogP contribution in [0.3, 0.4) is 0 Å². The molecule has 9 heteroatoms. The Morgan fingerprint density at radius 2 is 2.16 bits per heavy atom. The molecular weight excluding hydrogens is 362 g/mol. The molecule has 0 bridgehead atoms. The quantitative estimate of drug-likeness (QED) is 0.624. The summed E-state index contributed by atoms with van der Waals surface area (Å²) in [5, 5.41) is 17.5. The fourth-order valence-corrected chi connectivity index (χ4v) is 3.56. The lowest BCUT2D eigenvalue weighted by Crippen LogP contribution is -2.22. The molecule has 0 fully saturated rings. The van der Waals surface area contributed by atoms with Gasteiger partial charge in [-0.1, -0.05) is 11.2 Å². The number of carbonyl (C=O) groups is 2. The highest BCUT2D eigenvalue weighted by molar-refractivity contribution is 7.14. The molecule has 0 aliphatic heterocycles. The van der Waals surface area contributed by atoms with Gasteiger partial charge in [-0.15, -0.1) is 22.7 Å². The molecule has 0 spiro atoms. The normalized spacial score (nSPS) is 10.7. The zero-order chi connectivity index (χ0) is 17.6. The Balaban J connectivity index is 1.39. The smallest absolute Gasteiger partial charge is 0.345 e. The van der Waals surface area contributed by atoms with E-state index < -0.39 is 5.97 Å². The van der Waals surface area contributed by atoms with E-state index in [0.717, 1.165) is 21.1 Å². The molecule has 0 aromatic carbocycles.